The predicted octanol–water partition coefficient (Wildman–Crippen LogP) is 5.71. The summed E-state index contributed by atoms with van der Waals surface area (Å²) >= 11 is 5.20. The van der Waals surface area contributed by atoms with Crippen LogP contribution < -0.4 is 5.56 Å². The van der Waals surface area contributed by atoms with E-state index in [9.17, 15) is 13.6 Å². The van der Waals surface area contributed by atoms with Crippen LogP contribution >= 0.6 is 12.2 Å². The van der Waals surface area contributed by atoms with Crippen molar-refractivity contribution in [2.24, 2.45) is 11.8 Å². The maximum Gasteiger partial charge on any atom is 0.255 e. The molecule has 2 N–H and O–H groups in total. The van der Waals surface area contributed by atoms with Crippen molar-refractivity contribution in [1.29, 1.82) is 0 Å². The fraction of sp³-hybridized carbons (Fsp3) is 0.391. The summed E-state index contributed by atoms with van der Waals surface area (Å²) in [5.41, 5.74) is 1.31. The Morgan fingerprint density at radius 2 is 1.86 bits per heavy atom. The van der Waals surface area contributed by atoms with Crippen LogP contribution in [0.5, 0.6) is 0 Å². The van der Waals surface area contributed by atoms with Gasteiger partial charge >= 0.3 is 0 Å². The zero-order valence-corrected chi connectivity index (χ0v) is 16.9. The molecule has 1 fully saturated rings. The second-order valence-electron chi connectivity index (χ2n) is 8.04. The molecule has 2 aliphatic rings. The minimum Gasteiger partial charge on any atom is -0.335 e. The lowest BCUT2D eigenvalue weighted by Crippen LogP contribution is -2.25. The van der Waals surface area contributed by atoms with Crippen LogP contribution in [0.3, 0.4) is 0 Å². The second kappa shape index (κ2) is 8.57. The van der Waals surface area contributed by atoms with Crippen molar-refractivity contribution in [3.05, 3.63) is 86.1 Å². The van der Waals surface area contributed by atoms with Gasteiger partial charge in [-0.15, -0.1) is 0 Å². The van der Waals surface area contributed by atoms with Crippen LogP contribution in [-0.4, -0.2) is 9.97 Å². The molecule has 2 aliphatic carbocycles. The fourth-order valence-corrected chi connectivity index (χ4v) is 4.90. The van der Waals surface area contributed by atoms with Crippen molar-refractivity contribution in [2.45, 2.75) is 44.4 Å². The third-order valence-corrected chi connectivity index (χ3v) is 6.46. The van der Waals surface area contributed by atoms with Crippen molar-refractivity contribution in [3.8, 4) is 0 Å². The summed E-state index contributed by atoms with van der Waals surface area (Å²) in [6, 6.07) is 3.47. The lowest BCUT2D eigenvalue weighted by molar-refractivity contribution is 0.262. The van der Waals surface area contributed by atoms with Crippen molar-refractivity contribution < 1.29 is 8.78 Å². The van der Waals surface area contributed by atoms with Gasteiger partial charge in [0, 0.05) is 23.7 Å². The number of hydrogen-bond donors (Lipinski definition) is 2. The zero-order chi connectivity index (χ0) is 20.4. The zero-order valence-electron chi connectivity index (χ0n) is 16.1. The minimum atomic E-state index is -0.640. The molecule has 0 aliphatic heterocycles. The molecule has 6 heteroatoms. The largest absolute Gasteiger partial charge is 0.335 e. The van der Waals surface area contributed by atoms with Gasteiger partial charge in [0.25, 0.3) is 5.56 Å². The Hall–Kier alpha value is -2.34. The third-order valence-electron chi connectivity index (χ3n) is 6.26. The van der Waals surface area contributed by atoms with Crippen LogP contribution in [0.25, 0.3) is 0 Å². The van der Waals surface area contributed by atoms with Gasteiger partial charge in [-0.05, 0) is 73.7 Å². The summed E-state index contributed by atoms with van der Waals surface area (Å²) < 4.78 is 27.7. The number of allylic oxidation sites excluding steroid dienone is 4. The van der Waals surface area contributed by atoms with Crippen LogP contribution in [0.4, 0.5) is 8.78 Å². The minimum absolute atomic E-state index is 0.110. The van der Waals surface area contributed by atoms with E-state index in [4.69, 9.17) is 12.2 Å². The highest BCUT2D eigenvalue weighted by Gasteiger charge is 2.29. The van der Waals surface area contributed by atoms with Crippen molar-refractivity contribution in [3.63, 3.8) is 0 Å². The molecule has 0 saturated heterocycles. The Balaban J connectivity index is 1.57. The number of benzene rings is 1. The fourth-order valence-electron chi connectivity index (χ4n) is 4.69. The molecule has 1 saturated carbocycles. The standard InChI is InChI=1S/C23H24F2N2OS/c24-18-11-10-17(20(25)13-18)12-19-21(26-23(29)27-22(19)28)16-8-6-15(7-9-16)14-4-2-1-3-5-14/h1-4,10-11,13-16H,5-9,12H2,(H2,26,27,28,29). The Morgan fingerprint density at radius 1 is 1.07 bits per heavy atom. The normalized spacial score (nSPS) is 24.0. The molecule has 1 aromatic heterocycles. The highest BCUT2D eigenvalue weighted by atomic mass is 32.1. The van der Waals surface area contributed by atoms with Gasteiger partial charge in [0.05, 0.1) is 0 Å². The molecule has 0 bridgehead atoms. The molecule has 1 aromatic carbocycles. The summed E-state index contributed by atoms with van der Waals surface area (Å²) in [4.78, 5) is 18.4. The number of aromatic amines is 2. The molecule has 1 atom stereocenters. The Labute approximate surface area is 173 Å². The van der Waals surface area contributed by atoms with E-state index >= 15 is 0 Å². The maximum absolute atomic E-state index is 14.2. The van der Waals surface area contributed by atoms with Gasteiger partial charge in [-0.1, -0.05) is 30.4 Å². The van der Waals surface area contributed by atoms with Crippen LogP contribution in [-0.2, 0) is 6.42 Å². The monoisotopic (exact) mass is 414 g/mol. The number of aromatic nitrogens is 2. The van der Waals surface area contributed by atoms with Gasteiger partial charge in [-0.25, -0.2) is 8.78 Å². The Kier molecular flexibility index (Phi) is 5.90. The third kappa shape index (κ3) is 4.47. The van der Waals surface area contributed by atoms with Gasteiger partial charge in [-0.2, -0.15) is 0 Å². The van der Waals surface area contributed by atoms with Crippen LogP contribution in [0.1, 0.15) is 54.8 Å². The van der Waals surface area contributed by atoms with E-state index in [1.807, 2.05) is 0 Å². The predicted molar refractivity (Wildman–Crippen MR) is 112 cm³/mol. The van der Waals surface area contributed by atoms with Crippen LogP contribution in [0.2, 0.25) is 0 Å². The lowest BCUT2D eigenvalue weighted by atomic mass is 9.72. The van der Waals surface area contributed by atoms with E-state index in [-0.39, 0.29) is 22.7 Å². The first-order valence-electron chi connectivity index (χ1n) is 10.1. The maximum atomic E-state index is 14.2. The molecule has 4 rings (SSSR count). The average Bonchev–Trinajstić information content (AvgIpc) is 2.72. The number of nitrogens with one attached hydrogen (secondary N) is 2. The molecule has 3 nitrogen and oxygen atoms in total. The highest BCUT2D eigenvalue weighted by molar-refractivity contribution is 7.71. The Bertz CT molecular complexity index is 1060. The Morgan fingerprint density at radius 3 is 2.55 bits per heavy atom. The molecule has 0 radical (unpaired) electrons. The number of rotatable bonds is 4. The van der Waals surface area contributed by atoms with Crippen LogP contribution in [0.15, 0.2) is 47.3 Å². The topological polar surface area (TPSA) is 48.6 Å². The number of halogens is 2. The smallest absolute Gasteiger partial charge is 0.255 e. The molecule has 0 amide bonds. The van der Waals surface area contributed by atoms with Crippen molar-refractivity contribution in [1.82, 2.24) is 9.97 Å². The second-order valence-corrected chi connectivity index (χ2v) is 8.45. The average molecular weight is 415 g/mol. The first-order chi connectivity index (χ1) is 14.0. The SMILES string of the molecule is O=c1[nH]c(=S)[nH]c(C2CCC(C3C=CC=CC3)CC2)c1Cc1ccc(F)cc1F. The molecular formula is C23H24F2N2OS. The van der Waals surface area contributed by atoms with Gasteiger partial charge in [0.2, 0.25) is 0 Å². The van der Waals surface area contributed by atoms with Gasteiger partial charge in [0.15, 0.2) is 4.77 Å². The van der Waals surface area contributed by atoms with E-state index in [0.717, 1.165) is 43.9 Å². The van der Waals surface area contributed by atoms with Gasteiger partial charge < -0.3 is 4.98 Å². The van der Waals surface area contributed by atoms with Crippen molar-refractivity contribution in [2.75, 3.05) is 0 Å². The van der Waals surface area contributed by atoms with E-state index in [1.54, 1.807) is 0 Å². The molecule has 0 spiro atoms. The highest BCUT2D eigenvalue weighted by Crippen LogP contribution is 2.40. The quantitative estimate of drug-likeness (QED) is 0.630. The molecule has 1 unspecified atom stereocenters. The van der Waals surface area contributed by atoms with E-state index < -0.39 is 11.6 Å². The van der Waals surface area contributed by atoms with E-state index in [0.29, 0.717) is 23.0 Å². The molecule has 2 aromatic rings. The first kappa shape index (κ1) is 20.0. The summed E-state index contributed by atoms with van der Waals surface area (Å²) in [5, 5.41) is 0. The summed E-state index contributed by atoms with van der Waals surface area (Å²) in [5.74, 6) is 0.162. The lowest BCUT2D eigenvalue weighted by Gasteiger charge is -2.33. The van der Waals surface area contributed by atoms with E-state index in [2.05, 4.69) is 34.3 Å². The number of hydrogen-bond acceptors (Lipinski definition) is 2. The molecule has 29 heavy (non-hydrogen) atoms. The van der Waals surface area contributed by atoms with Crippen molar-refractivity contribution >= 4 is 12.2 Å². The molecule has 1 heterocycles. The van der Waals surface area contributed by atoms with Gasteiger partial charge in [0.1, 0.15) is 11.6 Å². The van der Waals surface area contributed by atoms with Gasteiger partial charge in [-0.3, -0.25) is 9.78 Å². The number of H-pyrrole nitrogens is 2. The summed E-state index contributed by atoms with van der Waals surface area (Å²) in [7, 11) is 0. The summed E-state index contributed by atoms with van der Waals surface area (Å²) in [6.45, 7) is 0. The molecular weight excluding hydrogens is 390 g/mol. The molecule has 152 valence electrons. The first-order valence-corrected chi connectivity index (χ1v) is 10.5. The summed E-state index contributed by atoms with van der Waals surface area (Å²) in [6.07, 6.45) is 14.1. The van der Waals surface area contributed by atoms with E-state index in [1.165, 1.54) is 12.1 Å². The van der Waals surface area contributed by atoms with Crippen LogP contribution in [0, 0.1) is 28.2 Å².